The third-order valence-electron chi connectivity index (χ3n) is 3.33. The number of amides is 1. The molecule has 0 saturated carbocycles. The van der Waals surface area contributed by atoms with Crippen molar-refractivity contribution in [2.24, 2.45) is 0 Å². The molecule has 110 valence electrons. The van der Waals surface area contributed by atoms with Gasteiger partial charge in [0, 0.05) is 35.9 Å². The Morgan fingerprint density at radius 1 is 1.19 bits per heavy atom. The molecule has 0 atom stereocenters. The number of rotatable bonds is 5. The monoisotopic (exact) mass is 346 g/mol. The Morgan fingerprint density at radius 2 is 1.90 bits per heavy atom. The number of halogens is 1. The first-order valence-corrected chi connectivity index (χ1v) is 7.68. The van der Waals surface area contributed by atoms with Crippen LogP contribution in [0.25, 0.3) is 0 Å². The summed E-state index contributed by atoms with van der Waals surface area (Å²) in [5.41, 5.74) is 3.08. The minimum Gasteiger partial charge on any atom is -0.374 e. The van der Waals surface area contributed by atoms with Crippen LogP contribution in [0.1, 0.15) is 12.0 Å². The Balaban J connectivity index is 1.86. The normalized spacial score (nSPS) is 10.2. The summed E-state index contributed by atoms with van der Waals surface area (Å²) in [4.78, 5) is 14.1. The fraction of sp³-hybridized carbons (Fsp3) is 0.235. The van der Waals surface area contributed by atoms with E-state index in [9.17, 15) is 4.79 Å². The SMILES string of the molecule is Cc1ccc(NC(=O)CCN(C)c2ccccc2)cc1Br. The molecule has 0 spiro atoms. The molecule has 4 heteroatoms. The molecule has 21 heavy (non-hydrogen) atoms. The number of carbonyl (C=O) groups is 1. The standard InChI is InChI=1S/C17H19BrN2O/c1-13-8-9-14(12-16(13)18)19-17(21)10-11-20(2)15-6-4-3-5-7-15/h3-9,12H,10-11H2,1-2H3,(H,19,21). The number of nitrogens with zero attached hydrogens (tertiary/aromatic N) is 1. The summed E-state index contributed by atoms with van der Waals surface area (Å²) in [6, 6.07) is 15.9. The van der Waals surface area contributed by atoms with Crippen LogP contribution in [0.3, 0.4) is 0 Å². The molecular formula is C17H19BrN2O. The Kier molecular flexibility index (Phi) is 5.39. The number of hydrogen-bond acceptors (Lipinski definition) is 2. The van der Waals surface area contributed by atoms with Gasteiger partial charge in [-0.1, -0.05) is 40.2 Å². The Bertz CT molecular complexity index is 613. The zero-order chi connectivity index (χ0) is 15.2. The van der Waals surface area contributed by atoms with Gasteiger partial charge in [-0.25, -0.2) is 0 Å². The maximum atomic E-state index is 12.0. The van der Waals surface area contributed by atoms with Crippen LogP contribution in [-0.2, 0) is 4.79 Å². The van der Waals surface area contributed by atoms with Crippen LogP contribution in [0.4, 0.5) is 11.4 Å². The molecule has 2 aromatic rings. The van der Waals surface area contributed by atoms with Gasteiger partial charge in [0.2, 0.25) is 5.91 Å². The van der Waals surface area contributed by atoms with E-state index in [1.165, 1.54) is 0 Å². The van der Waals surface area contributed by atoms with Crippen molar-refractivity contribution in [2.75, 3.05) is 23.8 Å². The second kappa shape index (κ2) is 7.27. The second-order valence-corrected chi connectivity index (χ2v) is 5.87. The molecule has 0 heterocycles. The number of carbonyl (C=O) groups excluding carboxylic acids is 1. The molecular weight excluding hydrogens is 328 g/mol. The van der Waals surface area contributed by atoms with Crippen molar-refractivity contribution in [1.82, 2.24) is 0 Å². The molecule has 3 nitrogen and oxygen atoms in total. The molecule has 0 aliphatic carbocycles. The van der Waals surface area contributed by atoms with Crippen molar-refractivity contribution in [3.05, 3.63) is 58.6 Å². The number of nitrogens with one attached hydrogen (secondary N) is 1. The maximum absolute atomic E-state index is 12.0. The first-order valence-electron chi connectivity index (χ1n) is 6.88. The van der Waals surface area contributed by atoms with E-state index in [4.69, 9.17) is 0 Å². The van der Waals surface area contributed by atoms with Gasteiger partial charge in [0.1, 0.15) is 0 Å². The van der Waals surface area contributed by atoms with Crippen molar-refractivity contribution >= 4 is 33.2 Å². The van der Waals surface area contributed by atoms with Crippen LogP contribution < -0.4 is 10.2 Å². The minimum absolute atomic E-state index is 0.0218. The summed E-state index contributed by atoms with van der Waals surface area (Å²) in [7, 11) is 1.99. The van der Waals surface area contributed by atoms with Crippen molar-refractivity contribution in [3.63, 3.8) is 0 Å². The lowest BCUT2D eigenvalue weighted by Crippen LogP contribution is -2.23. The van der Waals surface area contributed by atoms with Crippen LogP contribution in [-0.4, -0.2) is 19.5 Å². The number of hydrogen-bond donors (Lipinski definition) is 1. The van der Waals surface area contributed by atoms with Crippen molar-refractivity contribution < 1.29 is 4.79 Å². The smallest absolute Gasteiger partial charge is 0.226 e. The Labute approximate surface area is 134 Å². The first-order chi connectivity index (χ1) is 10.1. The van der Waals surface area contributed by atoms with E-state index in [1.807, 2.05) is 62.5 Å². The summed E-state index contributed by atoms with van der Waals surface area (Å²) < 4.78 is 1.00. The van der Waals surface area contributed by atoms with E-state index in [0.717, 1.165) is 21.4 Å². The van der Waals surface area contributed by atoms with Gasteiger partial charge in [0.05, 0.1) is 0 Å². The zero-order valence-corrected chi connectivity index (χ0v) is 13.9. The van der Waals surface area contributed by atoms with Crippen molar-refractivity contribution in [3.8, 4) is 0 Å². The summed E-state index contributed by atoms with van der Waals surface area (Å²) in [5, 5.41) is 2.92. The molecule has 0 aromatic heterocycles. The predicted molar refractivity (Wildman–Crippen MR) is 91.8 cm³/mol. The fourth-order valence-electron chi connectivity index (χ4n) is 1.97. The molecule has 1 N–H and O–H groups in total. The van der Waals surface area contributed by atoms with Gasteiger partial charge in [-0.2, -0.15) is 0 Å². The van der Waals surface area contributed by atoms with E-state index in [-0.39, 0.29) is 5.91 Å². The van der Waals surface area contributed by atoms with E-state index in [1.54, 1.807) is 0 Å². The lowest BCUT2D eigenvalue weighted by atomic mass is 10.2. The molecule has 2 aromatic carbocycles. The average molecular weight is 347 g/mol. The molecule has 0 radical (unpaired) electrons. The Hall–Kier alpha value is -1.81. The molecule has 1 amide bonds. The van der Waals surface area contributed by atoms with Gasteiger partial charge in [-0.15, -0.1) is 0 Å². The van der Waals surface area contributed by atoms with E-state index in [0.29, 0.717) is 13.0 Å². The van der Waals surface area contributed by atoms with Gasteiger partial charge in [-0.3, -0.25) is 4.79 Å². The predicted octanol–water partition coefficient (Wildman–Crippen LogP) is 4.22. The lowest BCUT2D eigenvalue weighted by Gasteiger charge is -2.18. The maximum Gasteiger partial charge on any atom is 0.226 e. The number of para-hydroxylation sites is 1. The van der Waals surface area contributed by atoms with Gasteiger partial charge >= 0.3 is 0 Å². The summed E-state index contributed by atoms with van der Waals surface area (Å²) in [5.74, 6) is 0.0218. The zero-order valence-electron chi connectivity index (χ0n) is 12.3. The summed E-state index contributed by atoms with van der Waals surface area (Å²) in [6.07, 6.45) is 0.455. The summed E-state index contributed by atoms with van der Waals surface area (Å²) in [6.45, 7) is 2.70. The van der Waals surface area contributed by atoms with Crippen molar-refractivity contribution in [2.45, 2.75) is 13.3 Å². The quantitative estimate of drug-likeness (QED) is 0.878. The fourth-order valence-corrected chi connectivity index (χ4v) is 2.35. The number of aryl methyl sites for hydroxylation is 1. The van der Waals surface area contributed by atoms with Crippen LogP contribution in [0.2, 0.25) is 0 Å². The molecule has 0 aliphatic heterocycles. The Morgan fingerprint density at radius 3 is 2.57 bits per heavy atom. The van der Waals surface area contributed by atoms with Crippen molar-refractivity contribution in [1.29, 1.82) is 0 Å². The number of benzene rings is 2. The molecule has 0 unspecified atom stereocenters. The minimum atomic E-state index is 0.0218. The van der Waals surface area contributed by atoms with E-state index >= 15 is 0 Å². The second-order valence-electron chi connectivity index (χ2n) is 5.02. The van der Waals surface area contributed by atoms with Crippen LogP contribution >= 0.6 is 15.9 Å². The van der Waals surface area contributed by atoms with Gasteiger partial charge < -0.3 is 10.2 Å². The van der Waals surface area contributed by atoms with Gasteiger partial charge in [-0.05, 0) is 36.8 Å². The topological polar surface area (TPSA) is 32.3 Å². The molecule has 2 rings (SSSR count). The third-order valence-corrected chi connectivity index (χ3v) is 4.18. The van der Waals surface area contributed by atoms with Crippen LogP contribution in [0.5, 0.6) is 0 Å². The molecule has 0 saturated heterocycles. The largest absolute Gasteiger partial charge is 0.374 e. The highest BCUT2D eigenvalue weighted by Crippen LogP contribution is 2.20. The first kappa shape index (κ1) is 15.6. The summed E-state index contributed by atoms with van der Waals surface area (Å²) >= 11 is 3.47. The van der Waals surface area contributed by atoms with Crippen LogP contribution in [0.15, 0.2) is 53.0 Å². The average Bonchev–Trinajstić information content (AvgIpc) is 2.49. The molecule has 0 aliphatic rings. The highest BCUT2D eigenvalue weighted by Gasteiger charge is 2.06. The lowest BCUT2D eigenvalue weighted by molar-refractivity contribution is -0.116. The molecule has 0 fully saturated rings. The third kappa shape index (κ3) is 4.60. The number of anilines is 2. The molecule has 0 bridgehead atoms. The van der Waals surface area contributed by atoms with E-state index < -0.39 is 0 Å². The van der Waals surface area contributed by atoms with Crippen LogP contribution in [0, 0.1) is 6.92 Å². The highest BCUT2D eigenvalue weighted by atomic mass is 79.9. The van der Waals surface area contributed by atoms with E-state index in [2.05, 4.69) is 26.1 Å². The van der Waals surface area contributed by atoms with Gasteiger partial charge in [0.15, 0.2) is 0 Å². The highest BCUT2D eigenvalue weighted by molar-refractivity contribution is 9.10. The van der Waals surface area contributed by atoms with Gasteiger partial charge in [0.25, 0.3) is 0 Å².